The fraction of sp³-hybridized carbons (Fsp3) is 0.471. The molecule has 26 heavy (non-hydrogen) atoms. The zero-order chi connectivity index (χ0) is 18.3. The van der Waals surface area contributed by atoms with Crippen LogP contribution in [0.1, 0.15) is 17.4 Å². The lowest BCUT2D eigenvalue weighted by Crippen LogP contribution is -2.60. The number of hydrogen-bond acceptors (Lipinski definition) is 6. The Kier molecular flexibility index (Phi) is 4.28. The quantitative estimate of drug-likeness (QED) is 0.762. The Bertz CT molecular complexity index is 911. The lowest BCUT2D eigenvalue weighted by Gasteiger charge is -2.43. The number of para-hydroxylation sites is 1. The van der Waals surface area contributed by atoms with Gasteiger partial charge in [-0.25, -0.2) is 13.1 Å². The monoisotopic (exact) mass is 375 g/mol. The van der Waals surface area contributed by atoms with Crippen molar-refractivity contribution in [3.8, 4) is 5.69 Å². The summed E-state index contributed by atoms with van der Waals surface area (Å²) < 4.78 is 25.9. The normalized spacial score (nSPS) is 25.2. The average molecular weight is 375 g/mol. The van der Waals surface area contributed by atoms with E-state index in [1.807, 2.05) is 37.3 Å². The summed E-state index contributed by atoms with van der Waals surface area (Å²) in [7, 11) is -3.14. The molecule has 9 heteroatoms. The van der Waals surface area contributed by atoms with Crippen molar-refractivity contribution in [3.05, 3.63) is 42.2 Å². The van der Waals surface area contributed by atoms with Crippen molar-refractivity contribution in [1.82, 2.24) is 24.8 Å². The van der Waals surface area contributed by atoms with E-state index >= 15 is 0 Å². The minimum absolute atomic E-state index is 0.0206. The highest BCUT2D eigenvalue weighted by Gasteiger charge is 2.48. The maximum absolute atomic E-state index is 13.0. The third-order valence-electron chi connectivity index (χ3n) is 5.19. The van der Waals surface area contributed by atoms with E-state index in [4.69, 9.17) is 0 Å². The molecule has 1 aromatic heterocycles. The predicted molar refractivity (Wildman–Crippen MR) is 95.9 cm³/mol. The van der Waals surface area contributed by atoms with Crippen molar-refractivity contribution in [2.75, 3.05) is 31.1 Å². The highest BCUT2D eigenvalue weighted by atomic mass is 32.2. The van der Waals surface area contributed by atoms with Crippen LogP contribution < -0.4 is 0 Å². The number of rotatable bonds is 3. The van der Waals surface area contributed by atoms with Crippen LogP contribution in [0.15, 0.2) is 36.5 Å². The van der Waals surface area contributed by atoms with Crippen LogP contribution >= 0.6 is 0 Å². The highest BCUT2D eigenvalue weighted by Crippen LogP contribution is 2.27. The van der Waals surface area contributed by atoms with Crippen molar-refractivity contribution >= 4 is 15.7 Å². The van der Waals surface area contributed by atoms with E-state index < -0.39 is 9.84 Å². The number of benzene rings is 1. The summed E-state index contributed by atoms with van der Waals surface area (Å²) in [4.78, 5) is 16.8. The van der Waals surface area contributed by atoms with E-state index in [2.05, 4.69) is 15.2 Å². The second-order valence-corrected chi connectivity index (χ2v) is 8.88. The Morgan fingerprint density at radius 2 is 1.88 bits per heavy atom. The second kappa shape index (κ2) is 6.48. The molecule has 4 rings (SSSR count). The molecule has 0 radical (unpaired) electrons. The van der Waals surface area contributed by atoms with Gasteiger partial charge in [-0.2, -0.15) is 0 Å². The molecule has 0 spiro atoms. The van der Waals surface area contributed by atoms with Crippen molar-refractivity contribution in [2.45, 2.75) is 19.0 Å². The van der Waals surface area contributed by atoms with Crippen LogP contribution in [0.25, 0.3) is 5.69 Å². The van der Waals surface area contributed by atoms with E-state index in [1.54, 1.807) is 15.8 Å². The van der Waals surface area contributed by atoms with Gasteiger partial charge in [-0.15, -0.1) is 5.10 Å². The standard InChI is InChI=1S/C17H21N5O3S/c1-2-20-8-9-21(16-12-26(24,25)11-15(16)20)17(23)14-10-22(19-18-14)13-6-4-3-5-7-13/h3-7,10,15-16H,2,8-9,11-12H2,1H3/t15-,16+/m0/s1. The molecule has 3 heterocycles. The van der Waals surface area contributed by atoms with Crippen LogP contribution in [0.2, 0.25) is 0 Å². The van der Waals surface area contributed by atoms with Crippen molar-refractivity contribution in [3.63, 3.8) is 0 Å². The smallest absolute Gasteiger partial charge is 0.276 e. The molecule has 0 unspecified atom stereocenters. The number of carbonyl (C=O) groups excluding carboxylic acids is 1. The average Bonchev–Trinajstić information content (AvgIpc) is 3.24. The summed E-state index contributed by atoms with van der Waals surface area (Å²) in [6.07, 6.45) is 1.60. The summed E-state index contributed by atoms with van der Waals surface area (Å²) in [5.74, 6) is -0.117. The van der Waals surface area contributed by atoms with Crippen molar-refractivity contribution in [1.29, 1.82) is 0 Å². The van der Waals surface area contributed by atoms with Gasteiger partial charge in [-0.1, -0.05) is 30.3 Å². The zero-order valence-corrected chi connectivity index (χ0v) is 15.3. The van der Waals surface area contributed by atoms with E-state index in [0.717, 1.165) is 12.2 Å². The molecular weight excluding hydrogens is 354 g/mol. The van der Waals surface area contributed by atoms with Crippen LogP contribution in [0.5, 0.6) is 0 Å². The van der Waals surface area contributed by atoms with Crippen molar-refractivity contribution in [2.24, 2.45) is 0 Å². The summed E-state index contributed by atoms with van der Waals surface area (Å²) in [5.41, 5.74) is 1.05. The fourth-order valence-corrected chi connectivity index (χ4v) is 5.90. The van der Waals surface area contributed by atoms with E-state index in [0.29, 0.717) is 13.1 Å². The SMILES string of the molecule is CCN1CCN(C(=O)c2cn(-c3ccccc3)nn2)[C@@H]2CS(=O)(=O)C[C@@H]21. The minimum Gasteiger partial charge on any atom is -0.330 e. The van der Waals surface area contributed by atoms with E-state index in [1.165, 1.54) is 0 Å². The molecule has 0 N–H and O–H groups in total. The number of nitrogens with zero attached hydrogens (tertiary/aromatic N) is 5. The van der Waals surface area contributed by atoms with Gasteiger partial charge in [0.1, 0.15) is 0 Å². The van der Waals surface area contributed by atoms with Crippen LogP contribution in [-0.4, -0.2) is 82.3 Å². The molecule has 2 aliphatic rings. The summed E-state index contributed by atoms with van der Waals surface area (Å²) >= 11 is 0. The fourth-order valence-electron chi connectivity index (χ4n) is 3.89. The summed E-state index contributed by atoms with van der Waals surface area (Å²) in [6, 6.07) is 8.98. The first kappa shape index (κ1) is 17.2. The maximum atomic E-state index is 13.0. The van der Waals surface area contributed by atoms with Crippen LogP contribution in [0, 0.1) is 0 Å². The molecule has 1 aromatic carbocycles. The van der Waals surface area contributed by atoms with Crippen LogP contribution in [0.3, 0.4) is 0 Å². The van der Waals surface area contributed by atoms with Gasteiger partial charge in [-0.3, -0.25) is 9.69 Å². The third-order valence-corrected chi connectivity index (χ3v) is 6.89. The Hall–Kier alpha value is -2.26. The number of amides is 1. The molecule has 2 aromatic rings. The Labute approximate surface area is 152 Å². The molecule has 2 fully saturated rings. The summed E-state index contributed by atoms with van der Waals surface area (Å²) in [6.45, 7) is 3.97. The molecule has 8 nitrogen and oxygen atoms in total. The third kappa shape index (κ3) is 3.01. The second-order valence-electron chi connectivity index (χ2n) is 6.72. The number of aromatic nitrogens is 3. The summed E-state index contributed by atoms with van der Waals surface area (Å²) in [5, 5.41) is 8.05. The highest BCUT2D eigenvalue weighted by molar-refractivity contribution is 7.91. The molecule has 0 aliphatic carbocycles. The Morgan fingerprint density at radius 3 is 2.62 bits per heavy atom. The number of carbonyl (C=O) groups is 1. The Morgan fingerprint density at radius 1 is 1.15 bits per heavy atom. The topological polar surface area (TPSA) is 88.4 Å². The lowest BCUT2D eigenvalue weighted by atomic mass is 10.0. The maximum Gasteiger partial charge on any atom is 0.276 e. The lowest BCUT2D eigenvalue weighted by molar-refractivity contribution is 0.0344. The van der Waals surface area contributed by atoms with Gasteiger partial charge in [0, 0.05) is 19.1 Å². The van der Waals surface area contributed by atoms with Gasteiger partial charge in [-0.05, 0) is 18.7 Å². The molecule has 2 saturated heterocycles. The van der Waals surface area contributed by atoms with Gasteiger partial charge in [0.2, 0.25) is 0 Å². The number of piperazine rings is 1. The first-order valence-electron chi connectivity index (χ1n) is 8.72. The van der Waals surface area contributed by atoms with E-state index in [9.17, 15) is 13.2 Å². The molecule has 2 aliphatic heterocycles. The number of likely N-dealkylation sites (N-methyl/N-ethyl adjacent to an activating group) is 1. The number of sulfone groups is 1. The molecule has 0 saturated carbocycles. The molecular formula is C17H21N5O3S. The van der Waals surface area contributed by atoms with Gasteiger partial charge in [0.15, 0.2) is 15.5 Å². The predicted octanol–water partition coefficient (Wildman–Crippen LogP) is 0.211. The number of hydrogen-bond donors (Lipinski definition) is 0. The molecule has 0 bridgehead atoms. The van der Waals surface area contributed by atoms with Crippen molar-refractivity contribution < 1.29 is 13.2 Å². The van der Waals surface area contributed by atoms with Gasteiger partial charge in [0.05, 0.1) is 29.4 Å². The van der Waals surface area contributed by atoms with Crippen LogP contribution in [0.4, 0.5) is 0 Å². The largest absolute Gasteiger partial charge is 0.330 e. The van der Waals surface area contributed by atoms with Gasteiger partial charge < -0.3 is 4.90 Å². The van der Waals surface area contributed by atoms with Gasteiger partial charge in [0.25, 0.3) is 5.91 Å². The zero-order valence-electron chi connectivity index (χ0n) is 14.5. The molecule has 1 amide bonds. The first-order chi connectivity index (χ1) is 12.5. The molecule has 138 valence electrons. The number of fused-ring (bicyclic) bond motifs is 1. The molecule has 2 atom stereocenters. The first-order valence-corrected chi connectivity index (χ1v) is 10.5. The van der Waals surface area contributed by atoms with Crippen LogP contribution in [-0.2, 0) is 9.84 Å². The Balaban J connectivity index is 1.59. The minimum atomic E-state index is -3.14. The van der Waals surface area contributed by atoms with E-state index in [-0.39, 0.29) is 35.2 Å². The van der Waals surface area contributed by atoms with Gasteiger partial charge >= 0.3 is 0 Å².